The van der Waals surface area contributed by atoms with E-state index in [-0.39, 0.29) is 11.5 Å². The Bertz CT molecular complexity index is 886. The van der Waals surface area contributed by atoms with Crippen molar-refractivity contribution in [1.29, 1.82) is 0 Å². The Labute approximate surface area is 168 Å². The summed E-state index contributed by atoms with van der Waals surface area (Å²) in [4.78, 5) is 9.60. The summed E-state index contributed by atoms with van der Waals surface area (Å²) < 4.78 is 0. The molecular weight excluding hydrogens is 368 g/mol. The van der Waals surface area contributed by atoms with E-state index in [2.05, 4.69) is 53.6 Å². The average molecular weight is 388 g/mol. The molecule has 5 nitrogen and oxygen atoms in total. The maximum absolute atomic E-state index is 9.03. The molecule has 4 aromatic rings. The molecule has 0 atom stereocenters. The quantitative estimate of drug-likeness (QED) is 0.336. The minimum absolute atomic E-state index is 0.136. The molecule has 5 heteroatoms. The fourth-order valence-electron chi connectivity index (χ4n) is 2.36. The number of aromatic hydroxyl groups is 2. The van der Waals surface area contributed by atoms with Gasteiger partial charge in [0.2, 0.25) is 0 Å². The van der Waals surface area contributed by atoms with Crippen molar-refractivity contribution in [3.8, 4) is 34.1 Å². The van der Waals surface area contributed by atoms with Gasteiger partial charge in [0.25, 0.3) is 0 Å². The maximum atomic E-state index is 9.03. The third-order valence-corrected chi connectivity index (χ3v) is 3.81. The van der Waals surface area contributed by atoms with Gasteiger partial charge in [0.15, 0.2) is 11.5 Å². The molecule has 0 aliphatic rings. The summed E-state index contributed by atoms with van der Waals surface area (Å²) in [5.74, 6) is 1.05. The fourth-order valence-corrected chi connectivity index (χ4v) is 2.36. The molecule has 0 heterocycles. The lowest BCUT2D eigenvalue weighted by Gasteiger charge is -2.04. The van der Waals surface area contributed by atoms with Crippen molar-refractivity contribution in [1.82, 2.24) is 0 Å². The van der Waals surface area contributed by atoms with Gasteiger partial charge in [-0.1, -0.05) is 60.7 Å². The van der Waals surface area contributed by atoms with E-state index < -0.39 is 0 Å². The second-order valence-corrected chi connectivity index (χ2v) is 5.95. The summed E-state index contributed by atoms with van der Waals surface area (Å²) in [5.41, 5.74) is 2.55. The largest absolute Gasteiger partial charge is 0.508 e. The summed E-state index contributed by atoms with van der Waals surface area (Å²) in [7, 11) is 0. The molecule has 4 rings (SSSR count). The first-order chi connectivity index (χ1) is 14.2. The number of phenols is 2. The predicted octanol–water partition coefficient (Wildman–Crippen LogP) is 5.76. The predicted molar refractivity (Wildman–Crippen MR) is 110 cm³/mol. The molecule has 0 saturated carbocycles. The first kappa shape index (κ1) is 19.8. The number of hydrogen-bond donors (Lipinski definition) is 2. The lowest BCUT2D eigenvalue weighted by molar-refractivity contribution is -0.411. The van der Waals surface area contributed by atoms with Crippen LogP contribution in [0.25, 0.3) is 11.1 Å². The maximum Gasteiger partial charge on any atom is 0.169 e. The molecule has 0 saturated heterocycles. The highest BCUT2D eigenvalue weighted by atomic mass is 17.5. The van der Waals surface area contributed by atoms with E-state index in [1.807, 2.05) is 12.1 Å². The van der Waals surface area contributed by atoms with Gasteiger partial charge >= 0.3 is 0 Å². The Balaban J connectivity index is 0.000000176. The normalized spacial score (nSPS) is 9.79. The van der Waals surface area contributed by atoms with Gasteiger partial charge in [0.1, 0.15) is 11.5 Å². The van der Waals surface area contributed by atoms with Gasteiger partial charge in [-0.2, -0.15) is 0 Å². The molecular formula is C24H20O5. The van der Waals surface area contributed by atoms with Crippen LogP contribution in [0, 0.1) is 0 Å². The van der Waals surface area contributed by atoms with Crippen LogP contribution < -0.4 is 9.78 Å². The van der Waals surface area contributed by atoms with Crippen molar-refractivity contribution >= 4 is 0 Å². The molecule has 0 aromatic heterocycles. The van der Waals surface area contributed by atoms with E-state index in [0.29, 0.717) is 11.5 Å². The highest BCUT2D eigenvalue weighted by molar-refractivity contribution is 5.62. The number of hydrogen-bond acceptors (Lipinski definition) is 5. The third kappa shape index (κ3) is 6.61. The van der Waals surface area contributed by atoms with Crippen LogP contribution in [0.4, 0.5) is 0 Å². The highest BCUT2D eigenvalue weighted by Crippen LogP contribution is 2.19. The van der Waals surface area contributed by atoms with Crippen molar-refractivity contribution in [3.05, 3.63) is 109 Å². The molecule has 0 fully saturated rings. The van der Waals surface area contributed by atoms with Gasteiger partial charge in [-0.05, 0) is 59.7 Å². The Morgan fingerprint density at radius 1 is 0.414 bits per heavy atom. The van der Waals surface area contributed by atoms with E-state index in [1.54, 1.807) is 0 Å². The van der Waals surface area contributed by atoms with Crippen LogP contribution in [0.5, 0.6) is 23.0 Å². The summed E-state index contributed by atoms with van der Waals surface area (Å²) >= 11 is 0. The molecule has 0 aliphatic carbocycles. The SMILES string of the molecule is Oc1ccc(OOOc2ccc(O)cc2)cc1.c1ccc(-c2ccccc2)cc1. The first-order valence-electron chi connectivity index (χ1n) is 8.90. The molecule has 0 aliphatic heterocycles. The molecule has 0 radical (unpaired) electrons. The topological polar surface area (TPSA) is 68.2 Å². The summed E-state index contributed by atoms with van der Waals surface area (Å²) in [5, 5.41) is 22.6. The van der Waals surface area contributed by atoms with Crippen molar-refractivity contribution in [3.63, 3.8) is 0 Å². The van der Waals surface area contributed by atoms with Crippen LogP contribution in [0.3, 0.4) is 0 Å². The monoisotopic (exact) mass is 388 g/mol. The van der Waals surface area contributed by atoms with Crippen molar-refractivity contribution < 1.29 is 25.0 Å². The van der Waals surface area contributed by atoms with E-state index in [1.165, 1.54) is 59.7 Å². The van der Waals surface area contributed by atoms with Crippen LogP contribution in [0.1, 0.15) is 0 Å². The van der Waals surface area contributed by atoms with Crippen LogP contribution >= 0.6 is 0 Å². The van der Waals surface area contributed by atoms with Crippen LogP contribution in [0.15, 0.2) is 109 Å². The zero-order chi connectivity index (χ0) is 20.3. The van der Waals surface area contributed by atoms with Crippen LogP contribution in [-0.2, 0) is 5.04 Å². The van der Waals surface area contributed by atoms with Gasteiger partial charge < -0.3 is 10.2 Å². The minimum atomic E-state index is 0.136. The molecule has 0 amide bonds. The van der Waals surface area contributed by atoms with Crippen LogP contribution in [0.2, 0.25) is 0 Å². The summed E-state index contributed by atoms with van der Waals surface area (Å²) in [6.45, 7) is 0. The van der Waals surface area contributed by atoms with Gasteiger partial charge in [0.05, 0.1) is 0 Å². The highest BCUT2D eigenvalue weighted by Gasteiger charge is 1.98. The second kappa shape index (κ2) is 10.4. The average Bonchev–Trinajstić information content (AvgIpc) is 2.78. The molecule has 0 unspecified atom stereocenters. The zero-order valence-corrected chi connectivity index (χ0v) is 15.5. The Kier molecular flexibility index (Phi) is 7.09. The Morgan fingerprint density at radius 2 is 0.759 bits per heavy atom. The lowest BCUT2D eigenvalue weighted by Crippen LogP contribution is -2.01. The first-order valence-corrected chi connectivity index (χ1v) is 8.90. The molecule has 2 N–H and O–H groups in total. The zero-order valence-electron chi connectivity index (χ0n) is 15.5. The van der Waals surface area contributed by atoms with E-state index >= 15 is 0 Å². The van der Waals surface area contributed by atoms with Crippen molar-refractivity contribution in [2.75, 3.05) is 0 Å². The molecule has 29 heavy (non-hydrogen) atoms. The van der Waals surface area contributed by atoms with Gasteiger partial charge in [0, 0.05) is 5.04 Å². The van der Waals surface area contributed by atoms with Gasteiger partial charge in [-0.15, -0.1) is 0 Å². The Morgan fingerprint density at radius 3 is 1.10 bits per heavy atom. The number of phenolic OH excluding ortho intramolecular Hbond substituents is 2. The number of rotatable bonds is 5. The second-order valence-electron chi connectivity index (χ2n) is 5.95. The smallest absolute Gasteiger partial charge is 0.169 e. The fraction of sp³-hybridized carbons (Fsp3) is 0. The van der Waals surface area contributed by atoms with Crippen molar-refractivity contribution in [2.45, 2.75) is 0 Å². The Hall–Kier alpha value is -3.96. The van der Waals surface area contributed by atoms with E-state index in [9.17, 15) is 0 Å². The standard InChI is InChI=1S/C12H10O5.C12H10/c13-9-1-5-11(6-2-9)15-17-16-12-7-3-10(14)4-8-12;1-3-7-11(8-4-1)12-9-5-2-6-10-12/h1-8,13-14H;1-10H. The lowest BCUT2D eigenvalue weighted by atomic mass is 10.1. The van der Waals surface area contributed by atoms with Crippen LogP contribution in [-0.4, -0.2) is 10.2 Å². The van der Waals surface area contributed by atoms with Gasteiger partial charge in [-0.25, -0.2) is 0 Å². The molecule has 4 aromatic carbocycles. The van der Waals surface area contributed by atoms with Crippen molar-refractivity contribution in [2.24, 2.45) is 0 Å². The van der Waals surface area contributed by atoms with E-state index in [4.69, 9.17) is 20.0 Å². The molecule has 0 bridgehead atoms. The number of benzene rings is 4. The van der Waals surface area contributed by atoms with Gasteiger partial charge in [-0.3, -0.25) is 9.78 Å². The minimum Gasteiger partial charge on any atom is -0.508 e. The molecule has 146 valence electrons. The molecule has 0 spiro atoms. The van der Waals surface area contributed by atoms with E-state index in [0.717, 1.165) is 0 Å². The summed E-state index contributed by atoms with van der Waals surface area (Å²) in [6, 6.07) is 32.7. The summed E-state index contributed by atoms with van der Waals surface area (Å²) in [6.07, 6.45) is 0. The third-order valence-electron chi connectivity index (χ3n) is 3.81.